The van der Waals surface area contributed by atoms with Crippen molar-refractivity contribution in [2.45, 2.75) is 19.6 Å². The van der Waals surface area contributed by atoms with Gasteiger partial charge in [-0.2, -0.15) is 0 Å². The fraction of sp³-hybridized carbons (Fsp3) is 0.375. The van der Waals surface area contributed by atoms with E-state index in [1.807, 2.05) is 0 Å². The van der Waals surface area contributed by atoms with Crippen molar-refractivity contribution in [2.24, 2.45) is 0 Å². The summed E-state index contributed by atoms with van der Waals surface area (Å²) in [6.45, 7) is -2.10. The third-order valence-electron chi connectivity index (χ3n) is 1.70. The lowest BCUT2D eigenvalue weighted by molar-refractivity contribution is -0.275. The Morgan fingerprint density at radius 2 is 2.00 bits per heavy atom. The van der Waals surface area contributed by atoms with Crippen LogP contribution in [0.2, 0.25) is 0 Å². The second-order valence-corrected chi connectivity index (χ2v) is 2.74. The maximum Gasteiger partial charge on any atom is 0.573 e. The van der Waals surface area contributed by atoms with Crippen molar-refractivity contribution in [1.29, 1.82) is 0 Å². The number of hydrogen-bond donors (Lipinski definition) is 2. The highest BCUT2D eigenvalue weighted by Crippen LogP contribution is 2.35. The van der Waals surface area contributed by atoms with Crippen molar-refractivity contribution in [3.8, 4) is 11.5 Å². The molecule has 0 spiro atoms. The van der Waals surface area contributed by atoms with Gasteiger partial charge in [0.15, 0.2) is 11.5 Å². The molecular formula is C8H7F4NO3. The van der Waals surface area contributed by atoms with Gasteiger partial charge in [-0.25, -0.2) is 4.39 Å². The van der Waals surface area contributed by atoms with Gasteiger partial charge < -0.3 is 14.9 Å². The average Bonchev–Trinajstić information content (AvgIpc) is 2.19. The van der Waals surface area contributed by atoms with E-state index in [0.717, 1.165) is 0 Å². The van der Waals surface area contributed by atoms with Crippen molar-refractivity contribution < 1.29 is 32.5 Å². The summed E-state index contributed by atoms with van der Waals surface area (Å²) in [6, 6.07) is 0. The van der Waals surface area contributed by atoms with Crippen LogP contribution in [0.3, 0.4) is 0 Å². The number of aromatic nitrogens is 1. The molecule has 2 N–H and O–H groups in total. The molecular weight excluding hydrogens is 234 g/mol. The average molecular weight is 241 g/mol. The zero-order chi connectivity index (χ0) is 12.3. The van der Waals surface area contributed by atoms with Crippen LogP contribution in [0, 0.1) is 0 Å². The summed E-state index contributed by atoms with van der Waals surface area (Å²) in [6.07, 6.45) is -4.43. The summed E-state index contributed by atoms with van der Waals surface area (Å²) in [5.41, 5.74) is -0.945. The first-order valence-electron chi connectivity index (χ1n) is 4.01. The van der Waals surface area contributed by atoms with Gasteiger partial charge in [0, 0.05) is 5.56 Å². The Morgan fingerprint density at radius 3 is 2.44 bits per heavy atom. The van der Waals surface area contributed by atoms with Crippen molar-refractivity contribution in [1.82, 2.24) is 4.98 Å². The Kier molecular flexibility index (Phi) is 3.53. The van der Waals surface area contributed by atoms with E-state index in [0.29, 0.717) is 6.20 Å². The normalized spacial score (nSPS) is 11.6. The number of pyridine rings is 1. The molecule has 0 unspecified atom stereocenters. The van der Waals surface area contributed by atoms with Gasteiger partial charge in [0.1, 0.15) is 6.67 Å². The van der Waals surface area contributed by atoms with Crippen LogP contribution in [-0.2, 0) is 13.3 Å². The molecule has 1 rings (SSSR count). The molecule has 1 aromatic rings. The fourth-order valence-corrected chi connectivity index (χ4v) is 1.07. The summed E-state index contributed by atoms with van der Waals surface area (Å²) in [7, 11) is 0. The number of rotatable bonds is 3. The van der Waals surface area contributed by atoms with Crippen LogP contribution in [0.15, 0.2) is 6.20 Å². The van der Waals surface area contributed by atoms with E-state index < -0.39 is 42.4 Å². The third-order valence-corrected chi connectivity index (χ3v) is 1.70. The van der Waals surface area contributed by atoms with E-state index in [9.17, 15) is 17.6 Å². The molecule has 0 aromatic carbocycles. The molecule has 8 heteroatoms. The molecule has 0 aliphatic heterocycles. The summed E-state index contributed by atoms with van der Waals surface area (Å²) in [4.78, 5) is 3.33. The van der Waals surface area contributed by atoms with Crippen LogP contribution in [0.4, 0.5) is 17.6 Å². The van der Waals surface area contributed by atoms with Gasteiger partial charge in [-0.1, -0.05) is 0 Å². The lowest BCUT2D eigenvalue weighted by Crippen LogP contribution is -2.19. The molecule has 4 nitrogen and oxygen atoms in total. The molecule has 1 aromatic heterocycles. The maximum absolute atomic E-state index is 12.3. The van der Waals surface area contributed by atoms with Gasteiger partial charge in [-0.05, 0) is 0 Å². The number of halogens is 4. The number of nitrogens with zero attached hydrogens (tertiary/aromatic N) is 1. The largest absolute Gasteiger partial charge is 0.573 e. The topological polar surface area (TPSA) is 62.6 Å². The lowest BCUT2D eigenvalue weighted by Gasteiger charge is -2.14. The molecule has 0 radical (unpaired) electrons. The van der Waals surface area contributed by atoms with E-state index >= 15 is 0 Å². The Morgan fingerprint density at radius 1 is 1.38 bits per heavy atom. The molecule has 16 heavy (non-hydrogen) atoms. The minimum absolute atomic E-state index is 0.417. The number of hydrogen-bond acceptors (Lipinski definition) is 4. The first-order chi connectivity index (χ1) is 7.39. The number of aliphatic hydroxyl groups excluding tert-OH is 1. The first kappa shape index (κ1) is 12.5. The highest BCUT2D eigenvalue weighted by atomic mass is 19.4. The minimum atomic E-state index is -5.05. The van der Waals surface area contributed by atoms with Gasteiger partial charge in [0.25, 0.3) is 0 Å². The Bertz CT molecular complexity index is 380. The molecule has 0 fully saturated rings. The van der Waals surface area contributed by atoms with Crippen molar-refractivity contribution in [3.63, 3.8) is 0 Å². The van der Waals surface area contributed by atoms with Crippen molar-refractivity contribution in [2.75, 3.05) is 0 Å². The van der Waals surface area contributed by atoms with E-state index in [1.54, 1.807) is 0 Å². The van der Waals surface area contributed by atoms with Crippen LogP contribution < -0.4 is 4.74 Å². The lowest BCUT2D eigenvalue weighted by atomic mass is 10.2. The second kappa shape index (κ2) is 4.52. The minimum Gasteiger partial charge on any atom is -0.503 e. The summed E-state index contributed by atoms with van der Waals surface area (Å²) >= 11 is 0. The Balaban J connectivity index is 3.23. The van der Waals surface area contributed by atoms with Crippen LogP contribution in [0.5, 0.6) is 11.5 Å². The van der Waals surface area contributed by atoms with Crippen molar-refractivity contribution in [3.05, 3.63) is 17.5 Å². The number of alkyl halides is 4. The number of ether oxygens (including phenoxy) is 1. The molecule has 0 bridgehead atoms. The van der Waals surface area contributed by atoms with Gasteiger partial charge in [0.05, 0.1) is 18.5 Å². The quantitative estimate of drug-likeness (QED) is 0.790. The predicted molar refractivity (Wildman–Crippen MR) is 43.3 cm³/mol. The smallest absolute Gasteiger partial charge is 0.503 e. The molecule has 1 heterocycles. The second-order valence-electron chi connectivity index (χ2n) is 2.74. The summed E-state index contributed by atoms with van der Waals surface area (Å²) < 4.78 is 51.6. The van der Waals surface area contributed by atoms with E-state index in [1.165, 1.54) is 0 Å². The fourth-order valence-electron chi connectivity index (χ4n) is 1.07. The zero-order valence-electron chi connectivity index (χ0n) is 7.75. The Hall–Kier alpha value is -1.57. The van der Waals surface area contributed by atoms with Gasteiger partial charge in [0.2, 0.25) is 0 Å². The van der Waals surface area contributed by atoms with Gasteiger partial charge in [-0.15, -0.1) is 13.2 Å². The molecule has 0 aliphatic carbocycles. The summed E-state index contributed by atoms with van der Waals surface area (Å²) in [5.74, 6) is -1.95. The highest BCUT2D eigenvalue weighted by Gasteiger charge is 2.34. The van der Waals surface area contributed by atoms with E-state index in [4.69, 9.17) is 10.2 Å². The number of aliphatic hydroxyl groups is 1. The number of aromatic hydroxyl groups is 1. The molecule has 0 aliphatic rings. The molecule has 90 valence electrons. The van der Waals surface area contributed by atoms with Crippen molar-refractivity contribution >= 4 is 0 Å². The molecule has 0 saturated carbocycles. The Labute approximate surface area is 87.1 Å². The standard InChI is InChI=1S/C8H7F4NO3/c9-1-5-4(3-14)7(6(15)2-13-5)16-8(10,11)12/h2,14-15H,1,3H2. The van der Waals surface area contributed by atoms with Gasteiger partial charge >= 0.3 is 6.36 Å². The monoisotopic (exact) mass is 241 g/mol. The van der Waals surface area contributed by atoms with Crippen LogP contribution >= 0.6 is 0 Å². The van der Waals surface area contributed by atoms with Gasteiger partial charge in [-0.3, -0.25) is 4.98 Å². The van der Waals surface area contributed by atoms with Crippen LogP contribution in [0.25, 0.3) is 0 Å². The predicted octanol–water partition coefficient (Wildman–Crippen LogP) is 1.65. The van der Waals surface area contributed by atoms with Crippen LogP contribution in [0.1, 0.15) is 11.3 Å². The van der Waals surface area contributed by atoms with E-state index in [-0.39, 0.29) is 0 Å². The van der Waals surface area contributed by atoms with Crippen LogP contribution in [-0.4, -0.2) is 21.6 Å². The van der Waals surface area contributed by atoms with E-state index in [2.05, 4.69) is 9.72 Å². The first-order valence-corrected chi connectivity index (χ1v) is 4.01. The molecule has 0 atom stereocenters. The molecule has 0 saturated heterocycles. The highest BCUT2D eigenvalue weighted by molar-refractivity contribution is 5.46. The summed E-state index contributed by atoms with van der Waals surface area (Å²) in [5, 5.41) is 17.9. The maximum atomic E-state index is 12.3. The third kappa shape index (κ3) is 2.72. The SMILES string of the molecule is OCc1c(CF)ncc(O)c1OC(F)(F)F. The molecule has 0 amide bonds. The zero-order valence-corrected chi connectivity index (χ0v) is 7.75.